The molecule has 1 heterocycles. The van der Waals surface area contributed by atoms with Gasteiger partial charge in [-0.05, 0) is 19.4 Å². The fourth-order valence-corrected chi connectivity index (χ4v) is 1.80. The van der Waals surface area contributed by atoms with E-state index >= 15 is 0 Å². The maximum atomic E-state index is 12.4. The van der Waals surface area contributed by atoms with Crippen LogP contribution in [0.3, 0.4) is 0 Å². The minimum Gasteiger partial charge on any atom is -0.354 e. The van der Waals surface area contributed by atoms with Gasteiger partial charge in [0.2, 0.25) is 0 Å². The molecule has 1 aliphatic heterocycles. The summed E-state index contributed by atoms with van der Waals surface area (Å²) in [5, 5.41) is 5.62. The quantitative estimate of drug-likeness (QED) is 0.881. The number of carbonyl (C=O) groups excluding carboxylic acids is 1. The van der Waals surface area contributed by atoms with Crippen molar-refractivity contribution in [2.45, 2.75) is 32.4 Å². The average Bonchev–Trinajstić information content (AvgIpc) is 2.69. The van der Waals surface area contributed by atoms with E-state index in [4.69, 9.17) is 0 Å². The normalized spacial score (nSPS) is 18.7. The number of nitrogens with zero attached hydrogens (tertiary/aromatic N) is 1. The second-order valence-corrected chi connectivity index (χ2v) is 4.64. The fraction of sp³-hybridized carbons (Fsp3) is 0.385. The number of aliphatic imine (C=N–C) groups is 1. The van der Waals surface area contributed by atoms with Gasteiger partial charge in [-0.1, -0.05) is 24.3 Å². The Hall–Kier alpha value is -1.98. The third-order valence-electron chi connectivity index (χ3n) is 2.68. The summed E-state index contributed by atoms with van der Waals surface area (Å²) in [6.45, 7) is 3.86. The molecule has 0 aromatic heterocycles. The van der Waals surface area contributed by atoms with Crippen LogP contribution in [0.4, 0.5) is 8.78 Å². The van der Waals surface area contributed by atoms with Crippen LogP contribution in [-0.4, -0.2) is 17.9 Å². The van der Waals surface area contributed by atoms with Gasteiger partial charge in [0.1, 0.15) is 0 Å². The molecule has 2 rings (SSSR count). The zero-order chi connectivity index (χ0) is 14.0. The molecule has 0 fully saturated rings. The van der Waals surface area contributed by atoms with E-state index in [9.17, 15) is 13.6 Å². The molecule has 1 unspecified atom stereocenters. The number of rotatable bonds is 3. The van der Waals surface area contributed by atoms with Crippen LogP contribution < -0.4 is 10.6 Å². The second kappa shape index (κ2) is 5.34. The van der Waals surface area contributed by atoms with Gasteiger partial charge in [0.25, 0.3) is 12.3 Å². The number of hydrogen-bond acceptors (Lipinski definition) is 3. The van der Waals surface area contributed by atoms with Crippen LogP contribution in [0.2, 0.25) is 0 Å². The number of alkyl halides is 2. The highest BCUT2D eigenvalue weighted by molar-refractivity contribution is 6.05. The third-order valence-corrected chi connectivity index (χ3v) is 2.68. The molecule has 0 spiro atoms. The van der Waals surface area contributed by atoms with Gasteiger partial charge in [-0.25, -0.2) is 13.8 Å². The van der Waals surface area contributed by atoms with Crippen LogP contribution in [-0.2, 0) is 4.79 Å². The van der Waals surface area contributed by atoms with Crippen LogP contribution >= 0.6 is 0 Å². The Bertz CT molecular complexity index is 497. The number of hydrogen-bond donors (Lipinski definition) is 2. The van der Waals surface area contributed by atoms with Crippen molar-refractivity contribution < 1.29 is 13.6 Å². The number of halogens is 2. The highest BCUT2D eigenvalue weighted by Crippen LogP contribution is 2.24. The van der Waals surface area contributed by atoms with E-state index in [0.717, 1.165) is 0 Å². The summed E-state index contributed by atoms with van der Waals surface area (Å²) in [4.78, 5) is 16.0. The molecular weight excluding hydrogens is 252 g/mol. The van der Waals surface area contributed by atoms with Gasteiger partial charge in [-0.2, -0.15) is 0 Å². The van der Waals surface area contributed by atoms with Crippen LogP contribution in [0.1, 0.15) is 37.4 Å². The van der Waals surface area contributed by atoms with Crippen molar-refractivity contribution in [2.24, 2.45) is 4.99 Å². The summed E-state index contributed by atoms with van der Waals surface area (Å²) in [5.74, 6) is 0.163. The topological polar surface area (TPSA) is 53.5 Å². The molecular formula is C13H15F2N3O. The van der Waals surface area contributed by atoms with E-state index in [2.05, 4.69) is 15.6 Å². The Morgan fingerprint density at radius 1 is 1.26 bits per heavy atom. The van der Waals surface area contributed by atoms with E-state index in [1.54, 1.807) is 0 Å². The average molecular weight is 267 g/mol. The Labute approximate surface area is 109 Å². The van der Waals surface area contributed by atoms with Gasteiger partial charge >= 0.3 is 0 Å². The smallest absolute Gasteiger partial charge is 0.263 e. The number of amides is 1. The second-order valence-electron chi connectivity index (χ2n) is 4.64. The molecule has 0 bridgehead atoms. The number of guanidine groups is 1. The monoisotopic (exact) mass is 267 g/mol. The van der Waals surface area contributed by atoms with Crippen molar-refractivity contribution >= 4 is 11.9 Å². The lowest BCUT2D eigenvalue weighted by molar-refractivity contribution is -0.120. The minimum absolute atomic E-state index is 0.0633. The molecule has 102 valence electrons. The van der Waals surface area contributed by atoms with Gasteiger partial charge < -0.3 is 5.32 Å². The van der Waals surface area contributed by atoms with E-state index in [1.165, 1.54) is 24.3 Å². The first-order valence-corrected chi connectivity index (χ1v) is 6.00. The molecule has 1 aliphatic rings. The molecule has 1 aromatic rings. The molecule has 0 aliphatic carbocycles. The van der Waals surface area contributed by atoms with Crippen molar-refractivity contribution in [3.63, 3.8) is 0 Å². The van der Waals surface area contributed by atoms with Crippen LogP contribution in [0.15, 0.2) is 29.3 Å². The first-order chi connectivity index (χ1) is 8.97. The van der Waals surface area contributed by atoms with Crippen LogP contribution in [0.25, 0.3) is 0 Å². The molecule has 0 saturated carbocycles. The van der Waals surface area contributed by atoms with Gasteiger partial charge in [0, 0.05) is 11.6 Å². The zero-order valence-electron chi connectivity index (χ0n) is 10.7. The maximum absolute atomic E-state index is 12.4. The largest absolute Gasteiger partial charge is 0.354 e. The summed E-state index contributed by atoms with van der Waals surface area (Å²) in [6, 6.07) is 5.13. The van der Waals surface area contributed by atoms with Crippen molar-refractivity contribution in [3.8, 4) is 0 Å². The Morgan fingerprint density at radius 3 is 2.42 bits per heavy atom. The summed E-state index contributed by atoms with van der Waals surface area (Å²) >= 11 is 0. The predicted molar refractivity (Wildman–Crippen MR) is 68.0 cm³/mol. The standard InChI is InChI=1S/C13H15F2N3O/c1-7(2)16-13-17-10(12(19)18-13)8-3-5-9(6-4-8)11(14)15/h3-7,10-11H,1-2H3,(H2,16,17,18,19). The lowest BCUT2D eigenvalue weighted by atomic mass is 10.1. The van der Waals surface area contributed by atoms with Crippen molar-refractivity contribution in [2.75, 3.05) is 0 Å². The third kappa shape index (κ3) is 3.07. The highest BCUT2D eigenvalue weighted by atomic mass is 19.3. The van der Waals surface area contributed by atoms with Crippen LogP contribution in [0, 0.1) is 0 Å². The Morgan fingerprint density at radius 2 is 1.89 bits per heavy atom. The molecule has 4 nitrogen and oxygen atoms in total. The van der Waals surface area contributed by atoms with Crippen molar-refractivity contribution in [3.05, 3.63) is 35.4 Å². The minimum atomic E-state index is -2.51. The molecule has 19 heavy (non-hydrogen) atoms. The molecule has 2 N–H and O–H groups in total. The van der Waals surface area contributed by atoms with E-state index in [0.29, 0.717) is 11.5 Å². The lowest BCUT2D eigenvalue weighted by Crippen LogP contribution is -2.40. The zero-order valence-corrected chi connectivity index (χ0v) is 10.7. The predicted octanol–water partition coefficient (Wildman–Crippen LogP) is 2.15. The molecule has 1 aromatic carbocycles. The summed E-state index contributed by atoms with van der Waals surface area (Å²) in [6.07, 6.45) is -2.51. The maximum Gasteiger partial charge on any atom is 0.263 e. The first-order valence-electron chi connectivity index (χ1n) is 6.00. The number of benzene rings is 1. The Kier molecular flexibility index (Phi) is 3.78. The van der Waals surface area contributed by atoms with Gasteiger partial charge in [-0.15, -0.1) is 0 Å². The first kappa shape index (κ1) is 13.5. The van der Waals surface area contributed by atoms with E-state index in [-0.39, 0.29) is 17.5 Å². The van der Waals surface area contributed by atoms with Gasteiger partial charge in [0.05, 0.1) is 0 Å². The van der Waals surface area contributed by atoms with Crippen molar-refractivity contribution in [1.82, 2.24) is 10.6 Å². The molecule has 0 saturated heterocycles. The molecule has 1 atom stereocenters. The molecule has 1 amide bonds. The van der Waals surface area contributed by atoms with Gasteiger partial charge in [0.15, 0.2) is 12.0 Å². The SMILES string of the molecule is CC(C)NC1=NC(c2ccc(C(F)F)cc2)C(=O)N1. The molecule has 0 radical (unpaired) electrons. The summed E-state index contributed by atoms with van der Waals surface area (Å²) in [5.41, 5.74) is 0.536. The Balaban J connectivity index is 2.17. The lowest BCUT2D eigenvalue weighted by Gasteiger charge is -2.07. The van der Waals surface area contributed by atoms with E-state index < -0.39 is 12.5 Å². The summed E-state index contributed by atoms with van der Waals surface area (Å²) in [7, 11) is 0. The van der Waals surface area contributed by atoms with Gasteiger partial charge in [-0.3, -0.25) is 10.1 Å². The molecule has 6 heteroatoms. The number of carbonyl (C=O) groups is 1. The fourth-order valence-electron chi connectivity index (χ4n) is 1.80. The highest BCUT2D eigenvalue weighted by Gasteiger charge is 2.28. The number of nitrogens with one attached hydrogen (secondary N) is 2. The van der Waals surface area contributed by atoms with Crippen LogP contribution in [0.5, 0.6) is 0 Å². The van der Waals surface area contributed by atoms with Crippen molar-refractivity contribution in [1.29, 1.82) is 0 Å². The van der Waals surface area contributed by atoms with E-state index in [1.807, 2.05) is 13.8 Å². The summed E-state index contributed by atoms with van der Waals surface area (Å²) < 4.78 is 24.9.